The molecule has 0 N–H and O–H groups in total. The zero-order valence-corrected chi connectivity index (χ0v) is 7.58. The Balaban J connectivity index is 2.49. The third-order valence-electron chi connectivity index (χ3n) is 2.36. The molecular formula is C11H11NO. The van der Waals surface area contributed by atoms with E-state index >= 15 is 0 Å². The normalized spacial score (nSPS) is 20.5. The molecule has 1 aromatic carbocycles. The van der Waals surface area contributed by atoms with Gasteiger partial charge in [-0.05, 0) is 24.5 Å². The van der Waals surface area contributed by atoms with Crippen molar-refractivity contribution in [2.45, 2.75) is 19.4 Å². The highest BCUT2D eigenvalue weighted by molar-refractivity contribution is 5.37. The molecule has 0 spiro atoms. The van der Waals surface area contributed by atoms with Crippen LogP contribution in [0.1, 0.15) is 22.8 Å². The number of fused-ring (bicyclic) bond motifs is 1. The Labute approximate surface area is 77.8 Å². The van der Waals surface area contributed by atoms with E-state index in [1.165, 1.54) is 11.1 Å². The zero-order valence-electron chi connectivity index (χ0n) is 7.58. The summed E-state index contributed by atoms with van der Waals surface area (Å²) in [6.45, 7) is 2.69. The Hall–Kier alpha value is -1.33. The summed E-state index contributed by atoms with van der Waals surface area (Å²) in [6, 6.07) is 8.39. The minimum atomic E-state index is -0.358. The SMILES string of the molecule is Cc1ccc2c(c1)C(C#N)OCC2. The molecule has 2 rings (SSSR count). The van der Waals surface area contributed by atoms with Gasteiger partial charge in [-0.2, -0.15) is 5.26 Å². The molecule has 0 saturated carbocycles. The van der Waals surface area contributed by atoms with Gasteiger partial charge in [0.2, 0.25) is 0 Å². The first-order valence-corrected chi connectivity index (χ1v) is 4.42. The van der Waals surface area contributed by atoms with Crippen LogP contribution in [-0.2, 0) is 11.2 Å². The number of hydrogen-bond acceptors (Lipinski definition) is 2. The summed E-state index contributed by atoms with van der Waals surface area (Å²) in [7, 11) is 0. The standard InChI is InChI=1S/C11H11NO/c1-8-2-3-9-4-5-13-11(7-12)10(9)6-8/h2-3,6,11H,4-5H2,1H3. The first-order valence-electron chi connectivity index (χ1n) is 4.42. The van der Waals surface area contributed by atoms with E-state index in [0.29, 0.717) is 6.61 Å². The molecular weight excluding hydrogens is 162 g/mol. The number of aryl methyl sites for hydroxylation is 1. The minimum Gasteiger partial charge on any atom is -0.358 e. The van der Waals surface area contributed by atoms with Crippen LogP contribution in [0.5, 0.6) is 0 Å². The first kappa shape index (κ1) is 8.28. The fourth-order valence-corrected chi connectivity index (χ4v) is 1.67. The van der Waals surface area contributed by atoms with Crippen LogP contribution in [0.15, 0.2) is 18.2 Å². The molecule has 0 aromatic heterocycles. The molecule has 1 aliphatic rings. The first-order chi connectivity index (χ1) is 6.31. The van der Waals surface area contributed by atoms with Crippen molar-refractivity contribution < 1.29 is 4.74 Å². The third kappa shape index (κ3) is 1.43. The minimum absolute atomic E-state index is 0.358. The number of hydrogen-bond donors (Lipinski definition) is 0. The number of nitriles is 1. The van der Waals surface area contributed by atoms with E-state index in [0.717, 1.165) is 12.0 Å². The smallest absolute Gasteiger partial charge is 0.169 e. The van der Waals surface area contributed by atoms with Gasteiger partial charge in [0.05, 0.1) is 12.7 Å². The number of benzene rings is 1. The molecule has 0 bridgehead atoms. The van der Waals surface area contributed by atoms with Gasteiger partial charge >= 0.3 is 0 Å². The van der Waals surface area contributed by atoms with Gasteiger partial charge in [-0.1, -0.05) is 23.8 Å². The molecule has 0 aliphatic carbocycles. The van der Waals surface area contributed by atoms with E-state index in [1.54, 1.807) is 0 Å². The average molecular weight is 173 g/mol. The van der Waals surface area contributed by atoms with Gasteiger partial charge in [0.25, 0.3) is 0 Å². The van der Waals surface area contributed by atoms with Crippen molar-refractivity contribution in [3.63, 3.8) is 0 Å². The van der Waals surface area contributed by atoms with E-state index in [-0.39, 0.29) is 6.10 Å². The number of rotatable bonds is 0. The van der Waals surface area contributed by atoms with Crippen LogP contribution in [0.2, 0.25) is 0 Å². The van der Waals surface area contributed by atoms with Gasteiger partial charge in [-0.25, -0.2) is 0 Å². The lowest BCUT2D eigenvalue weighted by atomic mass is 9.96. The number of ether oxygens (including phenoxy) is 1. The zero-order chi connectivity index (χ0) is 9.26. The van der Waals surface area contributed by atoms with Gasteiger partial charge in [0, 0.05) is 0 Å². The van der Waals surface area contributed by atoms with Gasteiger partial charge < -0.3 is 4.74 Å². The quantitative estimate of drug-likeness (QED) is 0.602. The lowest BCUT2D eigenvalue weighted by molar-refractivity contribution is 0.0799. The van der Waals surface area contributed by atoms with Gasteiger partial charge in [-0.15, -0.1) is 0 Å². The summed E-state index contributed by atoms with van der Waals surface area (Å²) < 4.78 is 5.35. The van der Waals surface area contributed by atoms with E-state index in [1.807, 2.05) is 13.0 Å². The van der Waals surface area contributed by atoms with Crippen molar-refractivity contribution in [1.29, 1.82) is 5.26 Å². The molecule has 66 valence electrons. The summed E-state index contributed by atoms with van der Waals surface area (Å²) in [4.78, 5) is 0. The lowest BCUT2D eigenvalue weighted by Gasteiger charge is -2.21. The van der Waals surface area contributed by atoms with Gasteiger partial charge in [0.15, 0.2) is 6.10 Å². The lowest BCUT2D eigenvalue weighted by Crippen LogP contribution is -2.14. The van der Waals surface area contributed by atoms with Crippen molar-refractivity contribution in [1.82, 2.24) is 0 Å². The van der Waals surface area contributed by atoms with E-state index in [2.05, 4.69) is 18.2 Å². The Morgan fingerprint density at radius 2 is 2.38 bits per heavy atom. The molecule has 1 aromatic rings. The summed E-state index contributed by atoms with van der Waals surface area (Å²) >= 11 is 0. The van der Waals surface area contributed by atoms with Crippen molar-refractivity contribution >= 4 is 0 Å². The molecule has 0 saturated heterocycles. The maximum Gasteiger partial charge on any atom is 0.169 e. The van der Waals surface area contributed by atoms with E-state index < -0.39 is 0 Å². The highest BCUT2D eigenvalue weighted by atomic mass is 16.5. The predicted molar refractivity (Wildman–Crippen MR) is 49.2 cm³/mol. The molecule has 13 heavy (non-hydrogen) atoms. The van der Waals surface area contributed by atoms with Crippen LogP contribution in [0.4, 0.5) is 0 Å². The van der Waals surface area contributed by atoms with Crippen LogP contribution in [-0.4, -0.2) is 6.61 Å². The van der Waals surface area contributed by atoms with Crippen LogP contribution in [0.3, 0.4) is 0 Å². The Bertz CT molecular complexity index is 365. The van der Waals surface area contributed by atoms with Gasteiger partial charge in [0.1, 0.15) is 0 Å². The van der Waals surface area contributed by atoms with E-state index in [4.69, 9.17) is 10.00 Å². The molecule has 0 amide bonds. The fraction of sp³-hybridized carbons (Fsp3) is 0.364. The maximum atomic E-state index is 8.85. The molecule has 1 aliphatic heterocycles. The topological polar surface area (TPSA) is 33.0 Å². The van der Waals surface area contributed by atoms with Crippen molar-refractivity contribution in [2.24, 2.45) is 0 Å². The second kappa shape index (κ2) is 3.20. The monoisotopic (exact) mass is 173 g/mol. The Kier molecular flexibility index (Phi) is 2.03. The predicted octanol–water partition coefficient (Wildman–Crippen LogP) is 2.13. The van der Waals surface area contributed by atoms with Crippen LogP contribution >= 0.6 is 0 Å². The highest BCUT2D eigenvalue weighted by Gasteiger charge is 2.19. The molecule has 0 fully saturated rings. The van der Waals surface area contributed by atoms with Crippen molar-refractivity contribution in [3.05, 3.63) is 34.9 Å². The highest BCUT2D eigenvalue weighted by Crippen LogP contribution is 2.27. The van der Waals surface area contributed by atoms with Crippen LogP contribution < -0.4 is 0 Å². The van der Waals surface area contributed by atoms with Crippen molar-refractivity contribution in [2.75, 3.05) is 6.61 Å². The summed E-state index contributed by atoms with van der Waals surface area (Å²) in [5.74, 6) is 0. The summed E-state index contributed by atoms with van der Waals surface area (Å²) in [5.41, 5.74) is 3.49. The molecule has 2 heteroatoms. The van der Waals surface area contributed by atoms with Crippen LogP contribution in [0.25, 0.3) is 0 Å². The molecule has 0 radical (unpaired) electrons. The second-order valence-corrected chi connectivity index (χ2v) is 3.33. The van der Waals surface area contributed by atoms with E-state index in [9.17, 15) is 0 Å². The summed E-state index contributed by atoms with van der Waals surface area (Å²) in [6.07, 6.45) is 0.567. The average Bonchev–Trinajstić information content (AvgIpc) is 2.17. The largest absolute Gasteiger partial charge is 0.358 e. The third-order valence-corrected chi connectivity index (χ3v) is 2.36. The van der Waals surface area contributed by atoms with Gasteiger partial charge in [-0.3, -0.25) is 0 Å². The molecule has 2 nitrogen and oxygen atoms in total. The fourth-order valence-electron chi connectivity index (χ4n) is 1.67. The Morgan fingerprint density at radius 3 is 3.15 bits per heavy atom. The molecule has 1 atom stereocenters. The molecule has 1 unspecified atom stereocenters. The second-order valence-electron chi connectivity index (χ2n) is 3.33. The maximum absolute atomic E-state index is 8.85. The molecule has 1 heterocycles. The van der Waals surface area contributed by atoms with Crippen molar-refractivity contribution in [3.8, 4) is 6.07 Å². The summed E-state index contributed by atoms with van der Waals surface area (Å²) in [5, 5.41) is 8.85. The number of nitrogens with zero attached hydrogens (tertiary/aromatic N) is 1. The Morgan fingerprint density at radius 1 is 1.54 bits per heavy atom. The van der Waals surface area contributed by atoms with Crippen LogP contribution in [0, 0.1) is 18.3 Å².